The Kier molecular flexibility index (Phi) is 3.86. The number of hydrogen-bond acceptors (Lipinski definition) is 1. The molecule has 0 heterocycles. The highest BCUT2D eigenvalue weighted by Crippen LogP contribution is 2.44. The molecule has 1 aliphatic carbocycles. The zero-order valence-corrected chi connectivity index (χ0v) is 11.1. The van der Waals surface area contributed by atoms with E-state index in [-0.39, 0.29) is 6.10 Å². The van der Waals surface area contributed by atoms with Gasteiger partial charge in [0.05, 0.1) is 6.10 Å². The van der Waals surface area contributed by atoms with Gasteiger partial charge in [-0.1, -0.05) is 34.6 Å². The molecule has 0 aliphatic heterocycles. The average molecular weight is 212 g/mol. The van der Waals surface area contributed by atoms with E-state index in [4.69, 9.17) is 0 Å². The monoisotopic (exact) mass is 212 g/mol. The van der Waals surface area contributed by atoms with Crippen LogP contribution in [-0.4, -0.2) is 11.2 Å². The Hall–Kier alpha value is -0.0400. The SMILES string of the molecule is CC1CC(C)(CCC(C)(C)C)CC[C@@H]1O. The maximum absolute atomic E-state index is 9.74. The van der Waals surface area contributed by atoms with Crippen molar-refractivity contribution in [1.82, 2.24) is 0 Å². The molecular formula is C14H28O. The van der Waals surface area contributed by atoms with Crippen LogP contribution in [0.5, 0.6) is 0 Å². The first kappa shape index (κ1) is 13.0. The molecule has 1 fully saturated rings. The van der Waals surface area contributed by atoms with Gasteiger partial charge in [-0.25, -0.2) is 0 Å². The highest BCUT2D eigenvalue weighted by molar-refractivity contribution is 4.86. The van der Waals surface area contributed by atoms with Crippen LogP contribution in [0.3, 0.4) is 0 Å². The number of aliphatic hydroxyl groups is 1. The predicted molar refractivity (Wildman–Crippen MR) is 65.8 cm³/mol. The molecule has 1 rings (SSSR count). The van der Waals surface area contributed by atoms with Crippen molar-refractivity contribution < 1.29 is 5.11 Å². The fraction of sp³-hybridized carbons (Fsp3) is 1.00. The second-order valence-electron chi connectivity index (χ2n) is 7.16. The summed E-state index contributed by atoms with van der Waals surface area (Å²) in [5.41, 5.74) is 0.925. The van der Waals surface area contributed by atoms with Gasteiger partial charge in [-0.3, -0.25) is 0 Å². The lowest BCUT2D eigenvalue weighted by atomic mass is 9.66. The van der Waals surface area contributed by atoms with E-state index in [2.05, 4.69) is 34.6 Å². The number of hydrogen-bond donors (Lipinski definition) is 1. The maximum Gasteiger partial charge on any atom is 0.0566 e. The van der Waals surface area contributed by atoms with E-state index >= 15 is 0 Å². The second-order valence-corrected chi connectivity index (χ2v) is 7.16. The van der Waals surface area contributed by atoms with Crippen LogP contribution in [0.4, 0.5) is 0 Å². The van der Waals surface area contributed by atoms with Crippen molar-refractivity contribution >= 4 is 0 Å². The van der Waals surface area contributed by atoms with Gasteiger partial charge < -0.3 is 5.11 Å². The molecule has 0 aromatic heterocycles. The third-order valence-electron chi connectivity index (χ3n) is 3.99. The van der Waals surface area contributed by atoms with E-state index in [0.29, 0.717) is 16.7 Å². The van der Waals surface area contributed by atoms with Crippen molar-refractivity contribution in [1.29, 1.82) is 0 Å². The number of aliphatic hydroxyl groups excluding tert-OH is 1. The predicted octanol–water partition coefficient (Wildman–Crippen LogP) is 4.00. The van der Waals surface area contributed by atoms with Crippen molar-refractivity contribution in [3.8, 4) is 0 Å². The van der Waals surface area contributed by atoms with Gasteiger partial charge in [-0.15, -0.1) is 0 Å². The van der Waals surface area contributed by atoms with Crippen LogP contribution in [0.15, 0.2) is 0 Å². The minimum Gasteiger partial charge on any atom is -0.393 e. The van der Waals surface area contributed by atoms with E-state index in [0.717, 1.165) is 6.42 Å². The molecule has 0 saturated heterocycles. The smallest absolute Gasteiger partial charge is 0.0566 e. The van der Waals surface area contributed by atoms with Crippen LogP contribution < -0.4 is 0 Å². The summed E-state index contributed by atoms with van der Waals surface area (Å²) in [6.07, 6.45) is 5.97. The molecule has 1 saturated carbocycles. The lowest BCUT2D eigenvalue weighted by Crippen LogP contribution is -2.34. The summed E-state index contributed by atoms with van der Waals surface area (Å²) in [6.45, 7) is 11.5. The van der Waals surface area contributed by atoms with Gasteiger partial charge >= 0.3 is 0 Å². The topological polar surface area (TPSA) is 20.2 Å². The molecule has 3 atom stereocenters. The Labute approximate surface area is 95.3 Å². The van der Waals surface area contributed by atoms with Crippen molar-refractivity contribution in [2.75, 3.05) is 0 Å². The fourth-order valence-electron chi connectivity index (χ4n) is 2.70. The number of rotatable bonds is 2. The van der Waals surface area contributed by atoms with E-state index in [1.165, 1.54) is 25.7 Å². The summed E-state index contributed by atoms with van der Waals surface area (Å²) in [5, 5.41) is 9.74. The molecule has 90 valence electrons. The molecule has 1 heteroatoms. The van der Waals surface area contributed by atoms with Gasteiger partial charge in [0, 0.05) is 0 Å². The standard InChI is InChI=1S/C14H28O/c1-11-10-14(5,7-6-12(11)15)9-8-13(2,3)4/h11-12,15H,6-10H2,1-5H3/t11?,12-,14?/m0/s1. The minimum absolute atomic E-state index is 0.0484. The fourth-order valence-corrected chi connectivity index (χ4v) is 2.70. The summed E-state index contributed by atoms with van der Waals surface area (Å²) in [6, 6.07) is 0. The molecule has 1 N–H and O–H groups in total. The van der Waals surface area contributed by atoms with Crippen molar-refractivity contribution in [3.05, 3.63) is 0 Å². The summed E-state index contributed by atoms with van der Waals surface area (Å²) < 4.78 is 0. The lowest BCUT2D eigenvalue weighted by molar-refractivity contribution is 0.0151. The first-order valence-corrected chi connectivity index (χ1v) is 6.40. The van der Waals surface area contributed by atoms with Gasteiger partial charge in [0.2, 0.25) is 0 Å². The average Bonchev–Trinajstić information content (AvgIpc) is 2.08. The third-order valence-corrected chi connectivity index (χ3v) is 3.99. The molecule has 0 radical (unpaired) electrons. The largest absolute Gasteiger partial charge is 0.393 e. The summed E-state index contributed by atoms with van der Waals surface area (Å²) >= 11 is 0. The van der Waals surface area contributed by atoms with Crippen LogP contribution in [-0.2, 0) is 0 Å². The maximum atomic E-state index is 9.74. The van der Waals surface area contributed by atoms with Gasteiger partial charge in [0.15, 0.2) is 0 Å². The van der Waals surface area contributed by atoms with Crippen molar-refractivity contribution in [2.45, 2.75) is 72.8 Å². The summed E-state index contributed by atoms with van der Waals surface area (Å²) in [4.78, 5) is 0. The van der Waals surface area contributed by atoms with E-state index < -0.39 is 0 Å². The van der Waals surface area contributed by atoms with E-state index in [1.54, 1.807) is 0 Å². The quantitative estimate of drug-likeness (QED) is 0.733. The van der Waals surface area contributed by atoms with Gasteiger partial charge in [0.25, 0.3) is 0 Å². The van der Waals surface area contributed by atoms with Crippen LogP contribution in [0.25, 0.3) is 0 Å². The van der Waals surface area contributed by atoms with Crippen LogP contribution in [0.1, 0.15) is 66.7 Å². The Morgan fingerprint density at radius 1 is 1.33 bits per heavy atom. The molecule has 1 nitrogen and oxygen atoms in total. The van der Waals surface area contributed by atoms with Crippen LogP contribution >= 0.6 is 0 Å². The zero-order valence-electron chi connectivity index (χ0n) is 11.1. The van der Waals surface area contributed by atoms with Gasteiger partial charge in [-0.05, 0) is 48.9 Å². The zero-order chi connectivity index (χ0) is 11.7. The molecule has 0 bridgehead atoms. The molecule has 2 unspecified atom stereocenters. The van der Waals surface area contributed by atoms with Crippen LogP contribution in [0, 0.1) is 16.7 Å². The minimum atomic E-state index is -0.0484. The van der Waals surface area contributed by atoms with Crippen LogP contribution in [0.2, 0.25) is 0 Å². The molecule has 0 aromatic carbocycles. The molecular weight excluding hydrogens is 184 g/mol. The van der Waals surface area contributed by atoms with Gasteiger partial charge in [0.1, 0.15) is 0 Å². The Morgan fingerprint density at radius 2 is 1.93 bits per heavy atom. The summed E-state index contributed by atoms with van der Waals surface area (Å²) in [5.74, 6) is 0.490. The Morgan fingerprint density at radius 3 is 2.40 bits per heavy atom. The normalized spacial score (nSPS) is 38.0. The van der Waals surface area contributed by atoms with Gasteiger partial charge in [-0.2, -0.15) is 0 Å². The summed E-state index contributed by atoms with van der Waals surface area (Å²) in [7, 11) is 0. The molecule has 15 heavy (non-hydrogen) atoms. The third kappa shape index (κ3) is 4.14. The highest BCUT2D eigenvalue weighted by atomic mass is 16.3. The van der Waals surface area contributed by atoms with Crippen molar-refractivity contribution in [3.63, 3.8) is 0 Å². The molecule has 0 amide bonds. The highest BCUT2D eigenvalue weighted by Gasteiger charge is 2.35. The Bertz CT molecular complexity index is 204. The first-order valence-electron chi connectivity index (χ1n) is 6.40. The van der Waals surface area contributed by atoms with E-state index in [1.807, 2.05) is 0 Å². The lowest BCUT2D eigenvalue weighted by Gasteiger charge is -2.41. The molecule has 1 aliphatic rings. The van der Waals surface area contributed by atoms with Crippen molar-refractivity contribution in [2.24, 2.45) is 16.7 Å². The molecule has 0 aromatic rings. The molecule has 0 spiro atoms. The second kappa shape index (κ2) is 4.45. The van der Waals surface area contributed by atoms with E-state index in [9.17, 15) is 5.11 Å². The Balaban J connectivity index is 2.46. The first-order chi connectivity index (χ1) is 6.72.